The van der Waals surface area contributed by atoms with Crippen molar-refractivity contribution in [1.29, 1.82) is 0 Å². The average molecular weight is 387 g/mol. The lowest BCUT2D eigenvalue weighted by Crippen LogP contribution is -2.61. The molecular formula is C16H25NO8Si. The van der Waals surface area contributed by atoms with Crippen LogP contribution in [0.1, 0.15) is 5.56 Å². The molecule has 1 saturated heterocycles. The number of carboxylic acid groups (broad SMARTS) is 1. The molecule has 0 saturated carbocycles. The number of hydrogen-bond donors (Lipinski definition) is 6. The lowest BCUT2D eigenvalue weighted by Gasteiger charge is -2.38. The van der Waals surface area contributed by atoms with Crippen molar-refractivity contribution in [2.45, 2.75) is 50.3 Å². The van der Waals surface area contributed by atoms with Crippen LogP contribution in [0.2, 0.25) is 13.1 Å². The molecule has 1 aromatic carbocycles. The maximum Gasteiger partial charge on any atom is 0.335 e. The first-order valence-electron chi connectivity index (χ1n) is 8.19. The summed E-state index contributed by atoms with van der Waals surface area (Å²) in [6, 6.07) is 6.81. The summed E-state index contributed by atoms with van der Waals surface area (Å²) in [5.74, 6) is -1.16. The standard InChI is InChI=1S/C16H25NO8Si/c1-26(2,23)8-17-7-9-4-3-5-10(6-9)24-16-13(20)11(18)12(19)14(25-16)15(21)22/h3-6,11-14,16-20,23H,7-8H2,1-2H3,(H,21,22)/t11-,12-,13+,14-,16?/m0/s1. The van der Waals surface area contributed by atoms with Crippen LogP contribution in [-0.4, -0.2) is 76.4 Å². The van der Waals surface area contributed by atoms with Crippen LogP contribution in [0.5, 0.6) is 5.75 Å². The average Bonchev–Trinajstić information content (AvgIpc) is 2.54. The Labute approximate surface area is 151 Å². The van der Waals surface area contributed by atoms with Gasteiger partial charge in [-0.2, -0.15) is 0 Å². The van der Waals surface area contributed by atoms with Gasteiger partial charge in [-0.3, -0.25) is 0 Å². The molecule has 9 nitrogen and oxygen atoms in total. The molecule has 1 heterocycles. The van der Waals surface area contributed by atoms with Crippen LogP contribution in [0, 0.1) is 0 Å². The van der Waals surface area contributed by atoms with E-state index in [-0.39, 0.29) is 0 Å². The number of nitrogens with one attached hydrogen (secondary N) is 1. The van der Waals surface area contributed by atoms with Gasteiger partial charge in [-0.15, -0.1) is 0 Å². The summed E-state index contributed by atoms with van der Waals surface area (Å²) in [7, 11) is -2.20. The van der Waals surface area contributed by atoms with E-state index in [2.05, 4.69) is 5.32 Å². The molecule has 0 amide bonds. The molecule has 1 unspecified atom stereocenters. The predicted molar refractivity (Wildman–Crippen MR) is 92.8 cm³/mol. The first kappa shape index (κ1) is 20.8. The van der Waals surface area contributed by atoms with E-state index in [1.54, 1.807) is 18.2 Å². The zero-order chi connectivity index (χ0) is 19.5. The first-order valence-corrected chi connectivity index (χ1v) is 11.3. The SMILES string of the molecule is C[Si](C)(O)CNCc1cccc(OC2O[C@H](C(=O)O)[C@@H](O)[C@H](O)[C@H]2O)c1. The molecule has 26 heavy (non-hydrogen) atoms. The molecule has 10 heteroatoms. The summed E-state index contributed by atoms with van der Waals surface area (Å²) in [4.78, 5) is 20.9. The Morgan fingerprint density at radius 2 is 1.92 bits per heavy atom. The number of hydrogen-bond acceptors (Lipinski definition) is 8. The smallest absolute Gasteiger partial charge is 0.335 e. The number of benzene rings is 1. The fourth-order valence-corrected chi connectivity index (χ4v) is 3.26. The molecule has 0 radical (unpaired) electrons. The van der Waals surface area contributed by atoms with Crippen LogP contribution >= 0.6 is 0 Å². The van der Waals surface area contributed by atoms with E-state index in [9.17, 15) is 24.9 Å². The van der Waals surface area contributed by atoms with Crippen molar-refractivity contribution in [2.24, 2.45) is 0 Å². The molecular weight excluding hydrogens is 362 g/mol. The molecule has 146 valence electrons. The Morgan fingerprint density at radius 1 is 1.23 bits per heavy atom. The van der Waals surface area contributed by atoms with Crippen LogP contribution < -0.4 is 10.1 Å². The van der Waals surface area contributed by atoms with Crippen LogP contribution in [0.25, 0.3) is 0 Å². The van der Waals surface area contributed by atoms with Gasteiger partial charge in [0.05, 0.1) is 0 Å². The largest absolute Gasteiger partial charge is 0.479 e. The van der Waals surface area contributed by atoms with Gasteiger partial charge in [-0.05, 0) is 30.8 Å². The zero-order valence-electron chi connectivity index (χ0n) is 14.6. The van der Waals surface area contributed by atoms with Gasteiger partial charge in [0.25, 0.3) is 0 Å². The van der Waals surface area contributed by atoms with Crippen molar-refractivity contribution < 1.29 is 39.5 Å². The normalized spacial score (nSPS) is 29.4. The Kier molecular flexibility index (Phi) is 6.74. The number of aliphatic hydroxyl groups excluding tert-OH is 3. The monoisotopic (exact) mass is 387 g/mol. The van der Waals surface area contributed by atoms with Crippen molar-refractivity contribution >= 4 is 14.3 Å². The van der Waals surface area contributed by atoms with Crippen LogP contribution in [0.15, 0.2) is 24.3 Å². The van der Waals surface area contributed by atoms with E-state index >= 15 is 0 Å². The molecule has 0 bridgehead atoms. The minimum atomic E-state index is -2.20. The molecule has 1 fully saturated rings. The number of carbonyl (C=O) groups is 1. The van der Waals surface area contributed by atoms with Crippen LogP contribution in [-0.2, 0) is 16.1 Å². The Balaban J connectivity index is 2.03. The second-order valence-corrected chi connectivity index (χ2v) is 10.9. The second-order valence-electron chi connectivity index (χ2n) is 6.92. The minimum Gasteiger partial charge on any atom is -0.479 e. The van der Waals surface area contributed by atoms with Gasteiger partial charge in [0.2, 0.25) is 6.29 Å². The number of aliphatic carboxylic acids is 1. The maximum absolute atomic E-state index is 11.1. The zero-order valence-corrected chi connectivity index (χ0v) is 15.6. The van der Waals surface area contributed by atoms with Crippen molar-refractivity contribution in [3.8, 4) is 5.75 Å². The van der Waals surface area contributed by atoms with Crippen molar-refractivity contribution in [3.63, 3.8) is 0 Å². The highest BCUT2D eigenvalue weighted by atomic mass is 28.4. The number of aliphatic hydroxyl groups is 3. The van der Waals surface area contributed by atoms with E-state index in [0.717, 1.165) is 5.56 Å². The van der Waals surface area contributed by atoms with E-state index < -0.39 is 45.0 Å². The van der Waals surface area contributed by atoms with Gasteiger partial charge in [0.15, 0.2) is 14.4 Å². The van der Waals surface area contributed by atoms with Gasteiger partial charge < -0.3 is 40.0 Å². The summed E-state index contributed by atoms with van der Waals surface area (Å²) < 4.78 is 10.6. The summed E-state index contributed by atoms with van der Waals surface area (Å²) >= 11 is 0. The van der Waals surface area contributed by atoms with Gasteiger partial charge in [-0.1, -0.05) is 12.1 Å². The number of rotatable bonds is 7. The summed E-state index contributed by atoms with van der Waals surface area (Å²) in [6.07, 6.45) is -7.71. The molecule has 2 rings (SSSR count). The molecule has 5 atom stereocenters. The second kappa shape index (κ2) is 8.44. The molecule has 6 N–H and O–H groups in total. The third-order valence-electron chi connectivity index (χ3n) is 3.85. The third-order valence-corrected chi connectivity index (χ3v) is 4.97. The maximum atomic E-state index is 11.1. The van der Waals surface area contributed by atoms with Gasteiger partial charge in [-0.25, -0.2) is 4.79 Å². The van der Waals surface area contributed by atoms with Crippen molar-refractivity contribution in [1.82, 2.24) is 5.32 Å². The van der Waals surface area contributed by atoms with E-state index in [0.29, 0.717) is 18.5 Å². The van der Waals surface area contributed by atoms with Crippen LogP contribution in [0.4, 0.5) is 0 Å². The number of carboxylic acids is 1. The minimum absolute atomic E-state index is 0.307. The van der Waals surface area contributed by atoms with Crippen LogP contribution in [0.3, 0.4) is 0 Å². The highest BCUT2D eigenvalue weighted by molar-refractivity contribution is 6.69. The number of ether oxygens (including phenoxy) is 2. The highest BCUT2D eigenvalue weighted by Gasteiger charge is 2.48. The van der Waals surface area contributed by atoms with Crippen molar-refractivity contribution in [3.05, 3.63) is 29.8 Å². The molecule has 1 aliphatic heterocycles. The lowest BCUT2D eigenvalue weighted by molar-refractivity contribution is -0.271. The lowest BCUT2D eigenvalue weighted by atomic mass is 9.99. The first-order chi connectivity index (χ1) is 12.1. The van der Waals surface area contributed by atoms with Crippen molar-refractivity contribution in [2.75, 3.05) is 6.17 Å². The fourth-order valence-electron chi connectivity index (χ4n) is 2.52. The highest BCUT2D eigenvalue weighted by Crippen LogP contribution is 2.25. The topological polar surface area (TPSA) is 149 Å². The third kappa shape index (κ3) is 5.48. The predicted octanol–water partition coefficient (Wildman–Crippen LogP) is -1.22. The Morgan fingerprint density at radius 3 is 2.54 bits per heavy atom. The van der Waals surface area contributed by atoms with Gasteiger partial charge >= 0.3 is 5.97 Å². The summed E-state index contributed by atoms with van der Waals surface area (Å²) in [5, 5.41) is 41.6. The Hall–Kier alpha value is -1.53. The molecule has 0 spiro atoms. The van der Waals surface area contributed by atoms with E-state index in [1.165, 1.54) is 0 Å². The van der Waals surface area contributed by atoms with E-state index in [4.69, 9.17) is 14.6 Å². The Bertz CT molecular complexity index is 623. The van der Waals surface area contributed by atoms with E-state index in [1.807, 2.05) is 19.2 Å². The molecule has 1 aromatic rings. The summed E-state index contributed by atoms with van der Waals surface area (Å²) in [6.45, 7) is 4.13. The molecule has 0 aliphatic carbocycles. The van der Waals surface area contributed by atoms with Gasteiger partial charge in [0.1, 0.15) is 24.1 Å². The fraction of sp³-hybridized carbons (Fsp3) is 0.562. The molecule has 0 aromatic heterocycles. The van der Waals surface area contributed by atoms with Gasteiger partial charge in [0, 0.05) is 12.7 Å². The quantitative estimate of drug-likeness (QED) is 0.317. The molecule has 1 aliphatic rings. The summed E-state index contributed by atoms with van der Waals surface area (Å²) in [5.41, 5.74) is 0.849.